The normalized spacial score (nSPS) is 10.4. The molecule has 102 valence electrons. The molecule has 0 radical (unpaired) electrons. The van der Waals surface area contributed by atoms with E-state index < -0.39 is 11.6 Å². The van der Waals surface area contributed by atoms with Crippen LogP contribution in [0.5, 0.6) is 0 Å². The van der Waals surface area contributed by atoms with Gasteiger partial charge in [0.25, 0.3) is 0 Å². The predicted octanol–water partition coefficient (Wildman–Crippen LogP) is 2.29. The van der Waals surface area contributed by atoms with E-state index in [-0.39, 0.29) is 12.5 Å². The van der Waals surface area contributed by atoms with E-state index in [9.17, 15) is 4.79 Å². The number of hydrogen-bond acceptors (Lipinski definition) is 5. The molecule has 3 N–H and O–H groups in total. The van der Waals surface area contributed by atoms with Crippen molar-refractivity contribution in [1.82, 2.24) is 5.32 Å². The van der Waals surface area contributed by atoms with Crippen molar-refractivity contribution in [2.45, 2.75) is 26.0 Å². The fraction of sp³-hybridized carbons (Fsp3) is 0.308. The molecule has 19 heavy (non-hydrogen) atoms. The molecule has 6 nitrogen and oxygen atoms in total. The molecule has 0 saturated heterocycles. The van der Waals surface area contributed by atoms with Crippen LogP contribution in [-0.2, 0) is 16.1 Å². The lowest BCUT2D eigenvalue weighted by Gasteiger charge is -2.24. The van der Waals surface area contributed by atoms with E-state index >= 15 is 0 Å². The summed E-state index contributed by atoms with van der Waals surface area (Å²) in [5, 5.41) is 16.8. The average Bonchev–Trinajstić information content (AvgIpc) is 2.37. The zero-order chi connectivity index (χ0) is 14.3. The summed E-state index contributed by atoms with van der Waals surface area (Å²) in [4.78, 5) is 11.6. The van der Waals surface area contributed by atoms with E-state index in [0.717, 1.165) is 5.56 Å². The van der Waals surface area contributed by atoms with Crippen LogP contribution >= 0.6 is 0 Å². The van der Waals surface area contributed by atoms with Crippen LogP contribution in [0.2, 0.25) is 0 Å². The van der Waals surface area contributed by atoms with Gasteiger partial charge in [-0.2, -0.15) is 0 Å². The summed E-state index contributed by atoms with van der Waals surface area (Å²) in [6.45, 7) is 3.33. The fourth-order valence-corrected chi connectivity index (χ4v) is 1.28. The topological polar surface area (TPSA) is 95.3 Å². The van der Waals surface area contributed by atoms with Crippen molar-refractivity contribution >= 4 is 18.4 Å². The molecule has 0 spiro atoms. The Morgan fingerprint density at radius 1 is 1.37 bits per heavy atom. The van der Waals surface area contributed by atoms with Gasteiger partial charge in [0, 0.05) is 0 Å². The van der Waals surface area contributed by atoms with E-state index in [1.807, 2.05) is 30.3 Å². The van der Waals surface area contributed by atoms with Crippen LogP contribution < -0.4 is 5.32 Å². The van der Waals surface area contributed by atoms with Crippen molar-refractivity contribution in [3.05, 3.63) is 35.9 Å². The highest BCUT2D eigenvalue weighted by Gasteiger charge is 2.28. The molecule has 0 aliphatic carbocycles. The monoisotopic (exact) mass is 263 g/mol. The molecule has 0 fully saturated rings. The number of nitrogens with one attached hydrogen (secondary N) is 3. The minimum Gasteiger partial charge on any atom is -0.445 e. The van der Waals surface area contributed by atoms with Gasteiger partial charge >= 0.3 is 6.09 Å². The van der Waals surface area contributed by atoms with E-state index in [1.54, 1.807) is 13.8 Å². The van der Waals surface area contributed by atoms with Gasteiger partial charge in [0.2, 0.25) is 5.90 Å². The van der Waals surface area contributed by atoms with Crippen molar-refractivity contribution in [3.63, 3.8) is 0 Å². The van der Waals surface area contributed by atoms with Crippen LogP contribution in [0.1, 0.15) is 19.4 Å². The zero-order valence-corrected chi connectivity index (χ0v) is 10.9. The Morgan fingerprint density at radius 2 is 2.00 bits per heavy atom. The van der Waals surface area contributed by atoms with Crippen molar-refractivity contribution in [2.24, 2.45) is 0 Å². The van der Waals surface area contributed by atoms with Crippen molar-refractivity contribution in [2.75, 3.05) is 0 Å². The van der Waals surface area contributed by atoms with Crippen LogP contribution in [0.3, 0.4) is 0 Å². The highest BCUT2D eigenvalue weighted by Crippen LogP contribution is 2.07. The Labute approximate surface area is 111 Å². The third kappa shape index (κ3) is 4.79. The Bertz CT molecular complexity index is 457. The van der Waals surface area contributed by atoms with Gasteiger partial charge in [-0.1, -0.05) is 30.3 Å². The summed E-state index contributed by atoms with van der Waals surface area (Å²) in [5.74, 6) is -0.237. The summed E-state index contributed by atoms with van der Waals surface area (Å²) in [6.07, 6.45) is -0.00618. The van der Waals surface area contributed by atoms with E-state index in [1.165, 1.54) is 0 Å². The van der Waals surface area contributed by atoms with Gasteiger partial charge in [0.15, 0.2) is 6.40 Å². The van der Waals surface area contributed by atoms with Gasteiger partial charge in [0.1, 0.15) is 12.1 Å². The summed E-state index contributed by atoms with van der Waals surface area (Å²) < 4.78 is 9.66. The molecule has 0 aliphatic heterocycles. The first-order valence-corrected chi connectivity index (χ1v) is 5.69. The molecule has 1 aromatic carbocycles. The van der Waals surface area contributed by atoms with Gasteiger partial charge < -0.3 is 14.8 Å². The first kappa shape index (κ1) is 14.7. The van der Waals surface area contributed by atoms with E-state index in [2.05, 4.69) is 10.1 Å². The predicted molar refractivity (Wildman–Crippen MR) is 71.4 cm³/mol. The number of rotatable bonds is 5. The number of amides is 1. The highest BCUT2D eigenvalue weighted by atomic mass is 16.5. The molecular weight excluding hydrogens is 246 g/mol. The van der Waals surface area contributed by atoms with Gasteiger partial charge in [-0.3, -0.25) is 10.8 Å². The second-order valence-electron chi connectivity index (χ2n) is 4.38. The summed E-state index contributed by atoms with van der Waals surface area (Å²) in [7, 11) is 0. The Hall–Kier alpha value is -2.37. The molecule has 6 heteroatoms. The van der Waals surface area contributed by atoms with Crippen LogP contribution in [-0.4, -0.2) is 23.9 Å². The lowest BCUT2D eigenvalue weighted by Crippen LogP contribution is -2.50. The molecule has 0 bridgehead atoms. The SMILES string of the molecule is CC(C)(NC(=O)OCc1ccccc1)C(=N)OC=N. The lowest BCUT2D eigenvalue weighted by molar-refractivity contribution is 0.133. The third-order valence-electron chi connectivity index (χ3n) is 2.37. The molecule has 0 unspecified atom stereocenters. The molecule has 0 aromatic heterocycles. The number of alkyl carbamates (subject to hydrolysis) is 1. The zero-order valence-electron chi connectivity index (χ0n) is 10.9. The molecule has 0 heterocycles. The van der Waals surface area contributed by atoms with Crippen LogP contribution in [0.15, 0.2) is 30.3 Å². The van der Waals surface area contributed by atoms with E-state index in [0.29, 0.717) is 6.40 Å². The first-order chi connectivity index (χ1) is 8.95. The maximum Gasteiger partial charge on any atom is 0.408 e. The Kier molecular flexibility index (Phi) is 5.05. The van der Waals surface area contributed by atoms with Gasteiger partial charge in [0.05, 0.1) is 0 Å². The molecule has 0 aliphatic rings. The van der Waals surface area contributed by atoms with Gasteiger partial charge in [-0.25, -0.2) is 4.79 Å². The molecule has 1 rings (SSSR count). The van der Waals surface area contributed by atoms with Crippen LogP contribution in [0.4, 0.5) is 4.79 Å². The summed E-state index contributed by atoms with van der Waals surface area (Å²) in [5.41, 5.74) is -0.160. The molecule has 1 amide bonds. The first-order valence-electron chi connectivity index (χ1n) is 5.69. The van der Waals surface area contributed by atoms with Gasteiger partial charge in [-0.05, 0) is 19.4 Å². The number of carbonyl (C=O) groups is 1. The van der Waals surface area contributed by atoms with Crippen LogP contribution in [0.25, 0.3) is 0 Å². The minimum atomic E-state index is -1.04. The Morgan fingerprint density at radius 3 is 2.58 bits per heavy atom. The highest BCUT2D eigenvalue weighted by molar-refractivity contribution is 5.90. The number of benzene rings is 1. The number of carbonyl (C=O) groups excluding carboxylic acids is 1. The Balaban J connectivity index is 2.46. The minimum absolute atomic E-state index is 0.154. The standard InChI is InChI=1S/C13H17N3O3/c1-13(2,11(15)19-9-14)16-12(17)18-8-10-6-4-3-5-7-10/h3-7,9,14-15H,8H2,1-2H3,(H,16,17). The molecule has 1 aromatic rings. The lowest BCUT2D eigenvalue weighted by atomic mass is 10.1. The smallest absolute Gasteiger partial charge is 0.408 e. The number of hydrogen-bond donors (Lipinski definition) is 3. The quantitative estimate of drug-likeness (QED) is 0.561. The van der Waals surface area contributed by atoms with Gasteiger partial charge in [-0.15, -0.1) is 0 Å². The average molecular weight is 263 g/mol. The second kappa shape index (κ2) is 6.53. The van der Waals surface area contributed by atoms with Crippen molar-refractivity contribution in [1.29, 1.82) is 10.8 Å². The summed E-state index contributed by atoms with van der Waals surface area (Å²) >= 11 is 0. The molecule has 0 atom stereocenters. The third-order valence-corrected chi connectivity index (χ3v) is 2.37. The van der Waals surface area contributed by atoms with E-state index in [4.69, 9.17) is 15.6 Å². The molecule has 0 saturated carbocycles. The van der Waals surface area contributed by atoms with Crippen molar-refractivity contribution < 1.29 is 14.3 Å². The van der Waals surface area contributed by atoms with Crippen LogP contribution in [0, 0.1) is 10.8 Å². The largest absolute Gasteiger partial charge is 0.445 e. The molecular formula is C13H17N3O3. The number of ether oxygens (including phenoxy) is 2. The summed E-state index contributed by atoms with van der Waals surface area (Å²) in [6, 6.07) is 9.28. The van der Waals surface area contributed by atoms with Crippen molar-refractivity contribution in [3.8, 4) is 0 Å². The fourth-order valence-electron chi connectivity index (χ4n) is 1.28. The second-order valence-corrected chi connectivity index (χ2v) is 4.38. The maximum atomic E-state index is 11.6. The maximum absolute atomic E-state index is 11.6.